The van der Waals surface area contributed by atoms with Crippen LogP contribution in [0, 0.1) is 13.8 Å². The first kappa shape index (κ1) is 19.6. The summed E-state index contributed by atoms with van der Waals surface area (Å²) in [5, 5.41) is 6.00. The fraction of sp³-hybridized carbons (Fsp3) is 0.238. The van der Waals surface area contributed by atoms with E-state index in [9.17, 15) is 17.2 Å². The number of aryl methyl sites for hydroxylation is 2. The molecule has 0 radical (unpaired) electrons. The van der Waals surface area contributed by atoms with Gasteiger partial charge in [0.25, 0.3) is 6.43 Å². The van der Waals surface area contributed by atoms with Crippen LogP contribution in [0.25, 0.3) is 11.2 Å². The van der Waals surface area contributed by atoms with Gasteiger partial charge in [-0.3, -0.25) is 4.31 Å². The van der Waals surface area contributed by atoms with Crippen LogP contribution >= 0.6 is 0 Å². The van der Waals surface area contributed by atoms with E-state index < -0.39 is 28.5 Å². The third kappa shape index (κ3) is 4.88. The van der Waals surface area contributed by atoms with Gasteiger partial charge < -0.3 is 15.6 Å². The first-order valence-corrected chi connectivity index (χ1v) is 11.3. The fourth-order valence-electron chi connectivity index (χ4n) is 3.31. The van der Waals surface area contributed by atoms with Crippen LogP contribution in [-0.2, 0) is 10.0 Å². The van der Waals surface area contributed by atoms with Crippen molar-refractivity contribution < 1.29 is 21.3 Å². The van der Waals surface area contributed by atoms with Gasteiger partial charge in [-0.15, -0.1) is 0 Å². The van der Waals surface area contributed by atoms with Crippen LogP contribution in [0.15, 0.2) is 36.4 Å². The molecule has 4 rings (SSSR count). The number of imidazole rings is 1. The minimum atomic E-state index is -4.72. The summed E-state index contributed by atoms with van der Waals surface area (Å²) in [6.07, 6.45) is -6.19. The molecule has 0 amide bonds. The van der Waals surface area contributed by atoms with Gasteiger partial charge in [0.2, 0.25) is 10.0 Å². The Labute approximate surface area is 198 Å². The van der Waals surface area contributed by atoms with E-state index in [0.29, 0.717) is 21.6 Å². The number of hydrogen-bond donors (Lipinski definition) is 3. The number of pyridine rings is 1. The highest BCUT2D eigenvalue weighted by Gasteiger charge is 2.20. The molecule has 13 heteroatoms. The molecule has 0 aliphatic carbocycles. The molecule has 3 N–H and O–H groups in total. The van der Waals surface area contributed by atoms with Crippen molar-refractivity contribution in [2.45, 2.75) is 20.3 Å². The van der Waals surface area contributed by atoms with Crippen molar-refractivity contribution in [3.63, 3.8) is 0 Å². The SMILES string of the molecule is [2H]C([2H])([2H])S(=O)(=O)N(C)c1ccccc1Nc1cc(Nc2cc(C)nc(C)n2)nc2nc(C(F)F)[nH]c12. The number of aromatic nitrogens is 5. The van der Waals surface area contributed by atoms with Crippen LogP contribution in [0.4, 0.5) is 37.5 Å². The fourth-order valence-corrected chi connectivity index (χ4v) is 3.73. The second kappa shape index (κ2) is 8.82. The standard InChI is InChI=1S/C21H22F2N8O2S/c1-11-9-16(25-12(2)24-11)27-17-10-14(18-20(28-17)30-21(29-18)19(22)23)26-13-7-5-6-8-15(13)31(3)34(4,32)33/h5-10,19H,1-4H3,(H3,24,25,26,27,28,29,30)/i4D3. The highest BCUT2D eigenvalue weighted by Crippen LogP contribution is 2.34. The molecule has 0 saturated heterocycles. The molecule has 0 unspecified atom stereocenters. The van der Waals surface area contributed by atoms with E-state index in [1.54, 1.807) is 26.0 Å². The van der Waals surface area contributed by atoms with Crippen molar-refractivity contribution in [3.8, 4) is 0 Å². The van der Waals surface area contributed by atoms with Gasteiger partial charge in [-0.25, -0.2) is 37.1 Å². The third-order valence-electron chi connectivity index (χ3n) is 4.78. The second-order valence-corrected chi connectivity index (χ2v) is 8.86. The molecule has 0 aliphatic heterocycles. The lowest BCUT2D eigenvalue weighted by atomic mass is 10.2. The number of aromatic amines is 1. The zero-order valence-corrected chi connectivity index (χ0v) is 19.1. The number of anilines is 5. The van der Waals surface area contributed by atoms with Gasteiger partial charge in [-0.05, 0) is 26.0 Å². The number of hydrogen-bond acceptors (Lipinski definition) is 8. The van der Waals surface area contributed by atoms with E-state index in [1.165, 1.54) is 24.3 Å². The molecular formula is C21H22F2N8O2S. The Kier molecular flexibility index (Phi) is 5.08. The predicted octanol–water partition coefficient (Wildman–Crippen LogP) is 4.19. The molecular weight excluding hydrogens is 466 g/mol. The van der Waals surface area contributed by atoms with Crippen LogP contribution in [0.1, 0.15) is 27.9 Å². The first-order chi connectivity index (χ1) is 17.3. The minimum absolute atomic E-state index is 0.0220. The van der Waals surface area contributed by atoms with Gasteiger partial charge in [-0.1, -0.05) is 12.1 Å². The van der Waals surface area contributed by atoms with Crippen LogP contribution in [-0.4, -0.2) is 46.6 Å². The average molecular weight is 492 g/mol. The Morgan fingerprint density at radius 1 is 1.03 bits per heavy atom. The smallest absolute Gasteiger partial charge is 0.295 e. The number of nitrogens with zero attached hydrogens (tertiary/aromatic N) is 5. The third-order valence-corrected chi connectivity index (χ3v) is 5.70. The van der Waals surface area contributed by atoms with Gasteiger partial charge in [-0.2, -0.15) is 0 Å². The number of para-hydroxylation sites is 2. The summed E-state index contributed by atoms with van der Waals surface area (Å²) in [6.45, 7) is 3.50. The summed E-state index contributed by atoms with van der Waals surface area (Å²) in [5.41, 5.74) is 1.23. The van der Waals surface area contributed by atoms with Gasteiger partial charge in [0, 0.05) is 29.0 Å². The van der Waals surface area contributed by atoms with E-state index >= 15 is 0 Å². The van der Waals surface area contributed by atoms with Gasteiger partial charge in [0.1, 0.15) is 23.0 Å². The number of rotatable bonds is 7. The van der Waals surface area contributed by atoms with E-state index in [-0.39, 0.29) is 34.0 Å². The number of benzene rings is 1. The summed E-state index contributed by atoms with van der Waals surface area (Å²) in [7, 11) is -3.60. The van der Waals surface area contributed by atoms with Crippen LogP contribution < -0.4 is 14.9 Å². The van der Waals surface area contributed by atoms with Crippen LogP contribution in [0.3, 0.4) is 0 Å². The summed E-state index contributed by atoms with van der Waals surface area (Å²) in [4.78, 5) is 19.2. The molecule has 4 aromatic rings. The molecule has 0 fully saturated rings. The van der Waals surface area contributed by atoms with Crippen LogP contribution in [0.2, 0.25) is 0 Å². The number of H-pyrrole nitrogens is 1. The molecule has 3 heterocycles. The predicted molar refractivity (Wildman–Crippen MR) is 127 cm³/mol. The molecule has 0 atom stereocenters. The largest absolute Gasteiger partial charge is 0.352 e. The van der Waals surface area contributed by atoms with Crippen molar-refractivity contribution in [1.82, 2.24) is 24.9 Å². The van der Waals surface area contributed by atoms with Gasteiger partial charge in [0.15, 0.2) is 11.5 Å². The Morgan fingerprint density at radius 3 is 2.47 bits per heavy atom. The summed E-state index contributed by atoms with van der Waals surface area (Å²) >= 11 is 0. The van der Waals surface area contributed by atoms with Crippen LogP contribution in [0.5, 0.6) is 0 Å². The number of sulfonamides is 1. The zero-order chi connectivity index (χ0) is 27.1. The maximum Gasteiger partial charge on any atom is 0.295 e. The Morgan fingerprint density at radius 2 is 1.76 bits per heavy atom. The highest BCUT2D eigenvalue weighted by atomic mass is 32.2. The normalized spacial score (nSPS) is 13.4. The van der Waals surface area contributed by atoms with Crippen molar-refractivity contribution in [2.75, 3.05) is 28.2 Å². The van der Waals surface area contributed by atoms with Crippen molar-refractivity contribution in [2.24, 2.45) is 0 Å². The number of fused-ring (bicyclic) bond motifs is 1. The summed E-state index contributed by atoms with van der Waals surface area (Å²) in [5.74, 6) is 0.526. The molecule has 178 valence electrons. The van der Waals surface area contributed by atoms with Gasteiger partial charge >= 0.3 is 0 Å². The lowest BCUT2D eigenvalue weighted by Gasteiger charge is -2.21. The minimum Gasteiger partial charge on any atom is -0.352 e. The van der Waals surface area contributed by atoms with E-state index in [4.69, 9.17) is 4.11 Å². The van der Waals surface area contributed by atoms with E-state index in [0.717, 1.165) is 7.05 Å². The Balaban J connectivity index is 1.81. The van der Waals surface area contributed by atoms with Crippen molar-refractivity contribution in [1.29, 1.82) is 0 Å². The Hall–Kier alpha value is -3.87. The molecule has 3 aromatic heterocycles. The topological polar surface area (TPSA) is 129 Å². The number of halogens is 2. The molecule has 0 bridgehead atoms. The monoisotopic (exact) mass is 491 g/mol. The number of nitrogens with one attached hydrogen (secondary N) is 3. The average Bonchev–Trinajstić information content (AvgIpc) is 3.22. The highest BCUT2D eigenvalue weighted by molar-refractivity contribution is 7.92. The molecule has 0 spiro atoms. The quantitative estimate of drug-likeness (QED) is 0.351. The summed E-state index contributed by atoms with van der Waals surface area (Å²) in [6, 6.07) is 9.23. The maximum absolute atomic E-state index is 13.4. The van der Waals surface area contributed by atoms with E-state index in [2.05, 4.69) is 35.6 Å². The molecule has 34 heavy (non-hydrogen) atoms. The zero-order valence-electron chi connectivity index (χ0n) is 21.3. The molecule has 1 aromatic carbocycles. The lowest BCUT2D eigenvalue weighted by Crippen LogP contribution is -2.25. The lowest BCUT2D eigenvalue weighted by molar-refractivity contribution is 0.142. The molecule has 10 nitrogen and oxygen atoms in total. The number of alkyl halides is 2. The van der Waals surface area contributed by atoms with Crippen molar-refractivity contribution in [3.05, 3.63) is 53.7 Å². The Bertz CT molecular complexity index is 1560. The van der Waals surface area contributed by atoms with Crippen molar-refractivity contribution >= 4 is 49.9 Å². The van der Waals surface area contributed by atoms with E-state index in [1.807, 2.05) is 0 Å². The molecule has 0 saturated carbocycles. The summed E-state index contributed by atoms with van der Waals surface area (Å²) < 4.78 is 74.8. The maximum atomic E-state index is 13.4. The first-order valence-electron chi connectivity index (χ1n) is 11.4. The van der Waals surface area contributed by atoms with Gasteiger partial charge in [0.05, 0.1) is 23.2 Å². The second-order valence-electron chi connectivity index (χ2n) is 7.36. The molecule has 0 aliphatic rings.